The van der Waals surface area contributed by atoms with Crippen molar-refractivity contribution in [3.8, 4) is 16.9 Å². The van der Waals surface area contributed by atoms with Crippen molar-refractivity contribution in [1.82, 2.24) is 14.8 Å². The molecule has 7 rings (SSSR count). The number of nitrogens with zero attached hydrogens (tertiary/aromatic N) is 3. The van der Waals surface area contributed by atoms with Gasteiger partial charge in [-0.05, 0) is 82.5 Å². The molecule has 7 heteroatoms. The lowest BCUT2D eigenvalue weighted by atomic mass is 9.49. The molecule has 5 aliphatic rings. The number of hydrogen-bond acceptors (Lipinski definition) is 6. The van der Waals surface area contributed by atoms with Crippen molar-refractivity contribution in [2.24, 2.45) is 23.2 Å². The summed E-state index contributed by atoms with van der Waals surface area (Å²) in [5, 5.41) is 8.11. The molecule has 4 saturated carbocycles. The number of aromatic nitrogens is 3. The molecular weight excluding hydrogens is 416 g/mol. The molecule has 33 heavy (non-hydrogen) atoms. The van der Waals surface area contributed by atoms with Crippen LogP contribution in [0.5, 0.6) is 5.75 Å². The van der Waals surface area contributed by atoms with Gasteiger partial charge in [0, 0.05) is 29.6 Å². The summed E-state index contributed by atoms with van der Waals surface area (Å²) >= 11 is 0. The van der Waals surface area contributed by atoms with E-state index < -0.39 is 11.6 Å². The Bertz CT molecular complexity index is 1080. The lowest BCUT2D eigenvalue weighted by molar-refractivity contribution is -0.0638. The minimum Gasteiger partial charge on any atom is -0.481 e. The molecule has 2 aromatic rings. The molecule has 0 amide bonds. The molecule has 4 fully saturated rings. The number of rotatable bonds is 4. The van der Waals surface area contributed by atoms with Gasteiger partial charge in [0.05, 0.1) is 19.9 Å². The van der Waals surface area contributed by atoms with Crippen molar-refractivity contribution in [3.63, 3.8) is 0 Å². The molecule has 0 saturated heterocycles. The molecule has 1 N–H and O–H groups in total. The van der Waals surface area contributed by atoms with Gasteiger partial charge in [0.15, 0.2) is 11.6 Å². The molecule has 3 heterocycles. The van der Waals surface area contributed by atoms with Crippen LogP contribution < -0.4 is 10.1 Å². The summed E-state index contributed by atoms with van der Waals surface area (Å²) in [5.74, 6) is 3.36. The molecule has 4 aliphatic carbocycles. The number of carbonyl (C=O) groups is 1. The Hall–Kier alpha value is -2.57. The highest BCUT2D eigenvalue weighted by Crippen LogP contribution is 2.60. The largest absolute Gasteiger partial charge is 0.481 e. The molecular formula is C26H34N4O3. The van der Waals surface area contributed by atoms with E-state index >= 15 is 0 Å². The van der Waals surface area contributed by atoms with E-state index in [2.05, 4.69) is 21.9 Å². The summed E-state index contributed by atoms with van der Waals surface area (Å²) in [4.78, 5) is 17.5. The number of anilines is 1. The lowest BCUT2D eigenvalue weighted by Gasteiger charge is -2.56. The second-order valence-electron chi connectivity index (χ2n) is 11.7. The van der Waals surface area contributed by atoms with Gasteiger partial charge in [-0.3, -0.25) is 4.68 Å². The Morgan fingerprint density at radius 1 is 1.15 bits per heavy atom. The van der Waals surface area contributed by atoms with Gasteiger partial charge in [0.1, 0.15) is 11.2 Å². The van der Waals surface area contributed by atoms with Crippen molar-refractivity contribution in [3.05, 3.63) is 23.7 Å². The van der Waals surface area contributed by atoms with Crippen molar-refractivity contribution in [2.45, 2.75) is 71.4 Å². The first-order chi connectivity index (χ1) is 15.8. The van der Waals surface area contributed by atoms with Gasteiger partial charge >= 0.3 is 5.97 Å². The maximum atomic E-state index is 12.9. The van der Waals surface area contributed by atoms with Crippen LogP contribution in [0.4, 0.5) is 5.82 Å². The van der Waals surface area contributed by atoms with Crippen LogP contribution in [0.15, 0.2) is 12.4 Å². The second kappa shape index (κ2) is 7.21. The van der Waals surface area contributed by atoms with Crippen molar-refractivity contribution in [1.29, 1.82) is 0 Å². The number of ether oxygens (including phenoxy) is 2. The molecule has 2 aromatic heterocycles. The summed E-state index contributed by atoms with van der Waals surface area (Å²) in [7, 11) is 1.41. The van der Waals surface area contributed by atoms with Crippen molar-refractivity contribution < 1.29 is 14.3 Å². The first-order valence-corrected chi connectivity index (χ1v) is 12.3. The van der Waals surface area contributed by atoms with Crippen LogP contribution in [-0.4, -0.2) is 40.0 Å². The van der Waals surface area contributed by atoms with Gasteiger partial charge in [0.25, 0.3) is 0 Å². The number of fused-ring (bicyclic) bond motifs is 1. The first kappa shape index (κ1) is 21.0. The Morgan fingerprint density at radius 2 is 1.82 bits per heavy atom. The van der Waals surface area contributed by atoms with Gasteiger partial charge in [0.2, 0.25) is 0 Å². The smallest absolute Gasteiger partial charge is 0.342 e. The van der Waals surface area contributed by atoms with Crippen molar-refractivity contribution >= 4 is 11.8 Å². The standard InChI is InChI=1S/C26H34N4O3/c1-15-19(12-29-30(15)14-26-8-16-5-17(9-26)7-18(6-16)10-26)20-11-27-23-22(21(20)24(31)32-4)33-25(2,3)13-28-23/h11-12,16-18H,5-10,13-14H2,1-4H3,(H,27,28). The van der Waals surface area contributed by atoms with Gasteiger partial charge in [-0.1, -0.05) is 0 Å². The highest BCUT2D eigenvalue weighted by atomic mass is 16.5. The van der Waals surface area contributed by atoms with Gasteiger partial charge in [-0.2, -0.15) is 5.10 Å². The Morgan fingerprint density at radius 3 is 2.45 bits per heavy atom. The lowest BCUT2D eigenvalue weighted by Crippen LogP contribution is -2.48. The van der Waals surface area contributed by atoms with E-state index in [1.54, 1.807) is 6.20 Å². The molecule has 4 bridgehead atoms. The third-order valence-corrected chi connectivity index (χ3v) is 8.53. The predicted octanol–water partition coefficient (Wildman–Crippen LogP) is 4.84. The molecule has 0 unspecified atom stereocenters. The predicted molar refractivity (Wildman–Crippen MR) is 125 cm³/mol. The van der Waals surface area contributed by atoms with E-state index in [1.165, 1.54) is 45.6 Å². The third-order valence-electron chi connectivity index (χ3n) is 8.53. The molecule has 0 spiro atoms. The van der Waals surface area contributed by atoms with E-state index in [0.29, 0.717) is 29.1 Å². The Kier molecular flexibility index (Phi) is 4.59. The zero-order valence-corrected chi connectivity index (χ0v) is 20.1. The van der Waals surface area contributed by atoms with E-state index in [-0.39, 0.29) is 0 Å². The van der Waals surface area contributed by atoms with Crippen LogP contribution in [0.25, 0.3) is 11.1 Å². The minimum absolute atomic E-state index is 0.388. The SMILES string of the molecule is COC(=O)c1c(-c2cnn(CC34CC5CC(CC(C5)C3)C4)c2C)cnc2c1OC(C)(C)CN2. The summed E-state index contributed by atoms with van der Waals surface area (Å²) < 4.78 is 13.6. The normalized spacial score (nSPS) is 31.0. The average molecular weight is 451 g/mol. The van der Waals surface area contributed by atoms with E-state index in [0.717, 1.165) is 41.1 Å². The zero-order chi connectivity index (χ0) is 23.0. The van der Waals surface area contributed by atoms with Crippen LogP contribution in [0.2, 0.25) is 0 Å². The fourth-order valence-corrected chi connectivity index (χ4v) is 7.51. The van der Waals surface area contributed by atoms with Gasteiger partial charge in [-0.25, -0.2) is 9.78 Å². The first-order valence-electron chi connectivity index (χ1n) is 12.3. The van der Waals surface area contributed by atoms with Gasteiger partial charge in [-0.15, -0.1) is 0 Å². The summed E-state index contributed by atoms with van der Waals surface area (Å²) in [6.07, 6.45) is 12.0. The number of carbonyl (C=O) groups excluding carboxylic acids is 1. The molecule has 7 nitrogen and oxygen atoms in total. The Labute approximate surface area is 195 Å². The number of hydrogen-bond donors (Lipinski definition) is 1. The van der Waals surface area contributed by atoms with E-state index in [1.807, 2.05) is 20.0 Å². The van der Waals surface area contributed by atoms with Crippen molar-refractivity contribution in [2.75, 3.05) is 19.0 Å². The summed E-state index contributed by atoms with van der Waals surface area (Å²) in [5.41, 5.74) is 3.06. The maximum absolute atomic E-state index is 12.9. The molecule has 0 aromatic carbocycles. The number of esters is 1. The second-order valence-corrected chi connectivity index (χ2v) is 11.7. The number of pyridine rings is 1. The quantitative estimate of drug-likeness (QED) is 0.672. The number of methoxy groups -OCH3 is 1. The van der Waals surface area contributed by atoms with Crippen LogP contribution >= 0.6 is 0 Å². The molecule has 1 aliphatic heterocycles. The summed E-state index contributed by atoms with van der Waals surface area (Å²) in [6, 6.07) is 0. The fourth-order valence-electron chi connectivity index (χ4n) is 7.51. The molecule has 0 atom stereocenters. The Balaban J connectivity index is 1.38. The average Bonchev–Trinajstić information content (AvgIpc) is 3.10. The molecule has 0 radical (unpaired) electrons. The van der Waals surface area contributed by atoms with E-state index in [4.69, 9.17) is 14.6 Å². The topological polar surface area (TPSA) is 78.3 Å². The number of nitrogens with one attached hydrogen (secondary N) is 1. The third kappa shape index (κ3) is 3.42. The van der Waals surface area contributed by atoms with Gasteiger partial charge < -0.3 is 14.8 Å². The molecule has 176 valence electrons. The fraction of sp³-hybridized carbons (Fsp3) is 0.654. The minimum atomic E-state index is -0.451. The zero-order valence-electron chi connectivity index (χ0n) is 20.1. The highest BCUT2D eigenvalue weighted by Gasteiger charge is 2.51. The van der Waals surface area contributed by atoms with E-state index in [9.17, 15) is 4.79 Å². The summed E-state index contributed by atoms with van der Waals surface area (Å²) in [6.45, 7) is 7.68. The van der Waals surface area contributed by atoms with Crippen LogP contribution in [0, 0.1) is 30.1 Å². The monoisotopic (exact) mass is 450 g/mol. The van der Waals surface area contributed by atoms with Crippen LogP contribution in [0.3, 0.4) is 0 Å². The maximum Gasteiger partial charge on any atom is 0.342 e. The van der Waals surface area contributed by atoms with Crippen LogP contribution in [0.1, 0.15) is 68.4 Å². The van der Waals surface area contributed by atoms with Crippen LogP contribution in [-0.2, 0) is 11.3 Å². The highest BCUT2D eigenvalue weighted by molar-refractivity contribution is 6.01.